The van der Waals surface area contributed by atoms with Crippen molar-refractivity contribution in [2.45, 2.75) is 56.7 Å². The van der Waals surface area contributed by atoms with Crippen molar-refractivity contribution in [1.29, 1.82) is 0 Å². The molecule has 0 saturated carbocycles. The Morgan fingerprint density at radius 2 is 1.83 bits per heavy atom. The summed E-state index contributed by atoms with van der Waals surface area (Å²) < 4.78 is 61.2. The number of allylic oxidation sites excluding steroid dienone is 1. The number of benzene rings is 3. The quantitative estimate of drug-likeness (QED) is 0.136. The van der Waals surface area contributed by atoms with Gasteiger partial charge in [-0.3, -0.25) is 0 Å². The lowest BCUT2D eigenvalue weighted by Crippen LogP contribution is -2.50. The maximum absolute atomic E-state index is 15.9. The smallest absolute Gasteiger partial charge is 0.237 e. The molecule has 0 amide bonds. The molecule has 0 bridgehead atoms. The first kappa shape index (κ1) is 25.5. The standard InChI is InChI=1S/C35H28F4N3/c1-19-17-27-23(12-11-20-7-4-5-9-22(20)28-18-29(35(37,38)39)40-42(19)28)24-13-14-26(36)32-31(24)33-30-21(15-16-41(27)33)8-6-10-25(30)34(32,2)3/h4-10,13-16,18,23,27H,1,11-12,17H2,2-3H3/q+1. The number of nitrogens with zero attached hydrogens (tertiary/aromatic N) is 3. The largest absolute Gasteiger partial charge is 0.435 e. The van der Waals surface area contributed by atoms with Crippen LogP contribution in [0.1, 0.15) is 66.6 Å². The fourth-order valence-electron chi connectivity index (χ4n) is 7.86. The van der Waals surface area contributed by atoms with Gasteiger partial charge in [0, 0.05) is 34.2 Å². The Morgan fingerprint density at radius 3 is 2.64 bits per heavy atom. The second-order valence-electron chi connectivity index (χ2n) is 12.3. The third kappa shape index (κ3) is 3.33. The molecule has 210 valence electrons. The van der Waals surface area contributed by atoms with E-state index in [4.69, 9.17) is 0 Å². The van der Waals surface area contributed by atoms with E-state index in [1.54, 1.807) is 6.07 Å². The first-order chi connectivity index (χ1) is 20.1. The Hall–Kier alpha value is -4.26. The van der Waals surface area contributed by atoms with Crippen LogP contribution < -0.4 is 4.57 Å². The molecule has 2 aliphatic heterocycles. The van der Waals surface area contributed by atoms with E-state index in [-0.39, 0.29) is 17.8 Å². The van der Waals surface area contributed by atoms with Crippen molar-refractivity contribution in [3.63, 3.8) is 0 Å². The van der Waals surface area contributed by atoms with Gasteiger partial charge < -0.3 is 0 Å². The zero-order valence-electron chi connectivity index (χ0n) is 23.3. The van der Waals surface area contributed by atoms with Crippen molar-refractivity contribution >= 4 is 16.5 Å². The molecule has 5 aromatic rings. The molecule has 0 spiro atoms. The summed E-state index contributed by atoms with van der Waals surface area (Å²) in [5, 5.41) is 6.24. The summed E-state index contributed by atoms with van der Waals surface area (Å²) in [5.41, 5.74) is 5.90. The first-order valence-corrected chi connectivity index (χ1v) is 14.3. The monoisotopic (exact) mass is 566 g/mol. The number of aromatic nitrogens is 3. The molecule has 3 nitrogen and oxygen atoms in total. The molecule has 0 N–H and O–H groups in total. The molecular formula is C35H28F4N3+. The Morgan fingerprint density at radius 1 is 1.02 bits per heavy atom. The van der Waals surface area contributed by atoms with Gasteiger partial charge in [-0.2, -0.15) is 22.8 Å². The summed E-state index contributed by atoms with van der Waals surface area (Å²) >= 11 is 0. The van der Waals surface area contributed by atoms with Crippen LogP contribution in [-0.2, 0) is 18.0 Å². The lowest BCUT2D eigenvalue weighted by molar-refractivity contribution is -0.716. The molecule has 3 aromatic carbocycles. The molecule has 42 heavy (non-hydrogen) atoms. The Kier molecular flexibility index (Phi) is 5.09. The predicted octanol–water partition coefficient (Wildman–Crippen LogP) is 8.60. The van der Waals surface area contributed by atoms with E-state index in [2.05, 4.69) is 54.5 Å². The number of hydrogen-bond acceptors (Lipinski definition) is 1. The van der Waals surface area contributed by atoms with Gasteiger partial charge in [0.15, 0.2) is 17.9 Å². The van der Waals surface area contributed by atoms with E-state index in [9.17, 15) is 13.2 Å². The van der Waals surface area contributed by atoms with Crippen molar-refractivity contribution in [2.75, 3.05) is 0 Å². The number of fused-ring (bicyclic) bond motifs is 6. The van der Waals surface area contributed by atoms with E-state index in [1.165, 1.54) is 4.68 Å². The number of alkyl halides is 3. The van der Waals surface area contributed by atoms with Crippen LogP contribution in [0.4, 0.5) is 17.6 Å². The van der Waals surface area contributed by atoms with Crippen molar-refractivity contribution in [3.05, 3.63) is 113 Å². The van der Waals surface area contributed by atoms with Gasteiger partial charge in [-0.1, -0.05) is 69.0 Å². The number of pyridine rings is 1. The maximum Gasteiger partial charge on any atom is 0.435 e. The van der Waals surface area contributed by atoms with Crippen molar-refractivity contribution in [2.24, 2.45) is 0 Å². The number of rotatable bonds is 0. The fourth-order valence-corrected chi connectivity index (χ4v) is 7.86. The minimum Gasteiger partial charge on any atom is -0.237 e. The van der Waals surface area contributed by atoms with Crippen LogP contribution >= 0.6 is 0 Å². The molecule has 1 aliphatic carbocycles. The Bertz CT molecular complexity index is 1980. The summed E-state index contributed by atoms with van der Waals surface area (Å²) in [6.45, 7) is 8.49. The summed E-state index contributed by atoms with van der Waals surface area (Å²) in [6.07, 6.45) is -0.726. The van der Waals surface area contributed by atoms with E-state index in [1.807, 2.05) is 36.4 Å². The SMILES string of the molecule is C=C1CC2C(CCc3ccccc3-c3cc(C(F)(F)F)nn31)c1ccc(F)c3c1-c1c4c(cccc4cc[n+]12)C3(C)C. The van der Waals surface area contributed by atoms with Crippen LogP contribution in [0.15, 0.2) is 79.5 Å². The molecule has 0 saturated heterocycles. The van der Waals surface area contributed by atoms with Crippen molar-refractivity contribution in [3.8, 4) is 22.5 Å². The molecule has 2 atom stereocenters. The van der Waals surface area contributed by atoms with Crippen LogP contribution in [0, 0.1) is 5.82 Å². The number of halogens is 4. The highest BCUT2D eigenvalue weighted by Crippen LogP contribution is 2.55. The lowest BCUT2D eigenvalue weighted by Gasteiger charge is -2.40. The number of hydrogen-bond donors (Lipinski definition) is 0. The van der Waals surface area contributed by atoms with Gasteiger partial charge in [-0.05, 0) is 47.1 Å². The van der Waals surface area contributed by atoms with Gasteiger partial charge in [-0.15, -0.1) is 0 Å². The Labute approximate surface area is 240 Å². The third-order valence-corrected chi connectivity index (χ3v) is 9.71. The topological polar surface area (TPSA) is 21.7 Å². The molecule has 7 heteroatoms. The van der Waals surface area contributed by atoms with Gasteiger partial charge in [-0.25, -0.2) is 9.07 Å². The summed E-state index contributed by atoms with van der Waals surface area (Å²) in [6, 6.07) is 20.4. The van der Waals surface area contributed by atoms with Gasteiger partial charge in [0.1, 0.15) is 5.82 Å². The molecule has 2 aromatic heterocycles. The maximum atomic E-state index is 15.9. The van der Waals surface area contributed by atoms with E-state index in [0.29, 0.717) is 29.8 Å². The number of aryl methyl sites for hydroxylation is 1. The molecule has 0 fully saturated rings. The normalized spacial score (nSPS) is 20.1. The summed E-state index contributed by atoms with van der Waals surface area (Å²) in [7, 11) is 0. The highest BCUT2D eigenvalue weighted by atomic mass is 19.4. The summed E-state index contributed by atoms with van der Waals surface area (Å²) in [4.78, 5) is 0. The van der Waals surface area contributed by atoms with Crippen LogP contribution in [0.3, 0.4) is 0 Å². The molecule has 0 radical (unpaired) electrons. The molecular weight excluding hydrogens is 538 g/mol. The highest BCUT2D eigenvalue weighted by Gasteiger charge is 2.49. The second kappa shape index (κ2) is 8.40. The van der Waals surface area contributed by atoms with Crippen LogP contribution in [0.25, 0.3) is 39.0 Å². The molecule has 3 aliphatic rings. The first-order valence-electron chi connectivity index (χ1n) is 14.3. The van der Waals surface area contributed by atoms with Crippen molar-refractivity contribution < 1.29 is 22.1 Å². The van der Waals surface area contributed by atoms with Gasteiger partial charge in [0.05, 0.1) is 23.1 Å². The van der Waals surface area contributed by atoms with E-state index >= 15 is 4.39 Å². The van der Waals surface area contributed by atoms with E-state index in [0.717, 1.165) is 56.8 Å². The van der Waals surface area contributed by atoms with Crippen molar-refractivity contribution in [1.82, 2.24) is 9.78 Å². The predicted molar refractivity (Wildman–Crippen MR) is 154 cm³/mol. The average Bonchev–Trinajstić information content (AvgIpc) is 3.42. The second-order valence-corrected chi connectivity index (χ2v) is 12.3. The Balaban J connectivity index is 1.41. The average molecular weight is 567 g/mol. The molecule has 4 heterocycles. The minimum absolute atomic E-state index is 0.0145. The fraction of sp³-hybridized carbons (Fsp3) is 0.257. The highest BCUT2D eigenvalue weighted by molar-refractivity contribution is 6.01. The molecule has 8 rings (SSSR count). The van der Waals surface area contributed by atoms with Gasteiger partial charge in [0.25, 0.3) is 0 Å². The van der Waals surface area contributed by atoms with Crippen LogP contribution in [-0.4, -0.2) is 9.78 Å². The van der Waals surface area contributed by atoms with Gasteiger partial charge >= 0.3 is 6.18 Å². The van der Waals surface area contributed by atoms with Gasteiger partial charge in [0.2, 0.25) is 5.69 Å². The zero-order chi connectivity index (χ0) is 29.1. The minimum atomic E-state index is -4.58. The van der Waals surface area contributed by atoms with E-state index < -0.39 is 17.3 Å². The van der Waals surface area contributed by atoms with Crippen LogP contribution in [0.5, 0.6) is 0 Å². The molecule has 2 unspecified atom stereocenters. The third-order valence-electron chi connectivity index (χ3n) is 9.71. The van der Waals surface area contributed by atoms with Crippen LogP contribution in [0.2, 0.25) is 0 Å². The summed E-state index contributed by atoms with van der Waals surface area (Å²) in [5.74, 6) is -0.231. The lowest BCUT2D eigenvalue weighted by atomic mass is 9.65. The zero-order valence-corrected chi connectivity index (χ0v) is 23.3.